The van der Waals surface area contributed by atoms with Gasteiger partial charge in [-0.2, -0.15) is 5.26 Å². The summed E-state index contributed by atoms with van der Waals surface area (Å²) in [5.41, 5.74) is 4.47. The fourth-order valence-electron chi connectivity index (χ4n) is 5.82. The van der Waals surface area contributed by atoms with Crippen LogP contribution in [-0.2, 0) is 20.7 Å². The maximum Gasteiger partial charge on any atom is 0.236 e. The van der Waals surface area contributed by atoms with Crippen LogP contribution in [-0.4, -0.2) is 104 Å². The molecule has 224 valence electrons. The molecule has 3 aliphatic rings. The fraction of sp³-hybridized carbons (Fsp3) is 0.455. The summed E-state index contributed by atoms with van der Waals surface area (Å²) < 4.78 is 17.1. The van der Waals surface area contributed by atoms with Gasteiger partial charge < -0.3 is 24.0 Å². The van der Waals surface area contributed by atoms with Crippen LogP contribution in [0.5, 0.6) is 5.75 Å². The highest BCUT2D eigenvalue weighted by atomic mass is 16.5. The quantitative estimate of drug-likeness (QED) is 0.396. The normalized spacial score (nSPS) is 18.3. The van der Waals surface area contributed by atoms with Gasteiger partial charge in [-0.3, -0.25) is 9.69 Å². The van der Waals surface area contributed by atoms with E-state index in [0.717, 1.165) is 74.9 Å². The molecule has 6 rings (SSSR count). The Morgan fingerprint density at radius 1 is 0.930 bits per heavy atom. The lowest BCUT2D eigenvalue weighted by Crippen LogP contribution is -2.48. The Balaban J connectivity index is 1.04. The van der Waals surface area contributed by atoms with Crippen LogP contribution in [0.1, 0.15) is 29.8 Å². The molecule has 43 heavy (non-hydrogen) atoms. The van der Waals surface area contributed by atoms with Gasteiger partial charge in [-0.1, -0.05) is 12.1 Å². The van der Waals surface area contributed by atoms with E-state index < -0.39 is 0 Å². The fourth-order valence-corrected chi connectivity index (χ4v) is 5.82. The first-order chi connectivity index (χ1) is 21.1. The summed E-state index contributed by atoms with van der Waals surface area (Å²) in [5.74, 6) is 1.48. The Morgan fingerprint density at radius 3 is 2.37 bits per heavy atom. The number of carbonyl (C=O) groups excluding carboxylic acids is 1. The second-order valence-electron chi connectivity index (χ2n) is 11.2. The molecular weight excluding hydrogens is 544 g/mol. The number of ether oxygens (including phenoxy) is 3. The van der Waals surface area contributed by atoms with Gasteiger partial charge in [-0.05, 0) is 54.8 Å². The van der Waals surface area contributed by atoms with E-state index in [0.29, 0.717) is 50.6 Å². The highest BCUT2D eigenvalue weighted by Crippen LogP contribution is 2.28. The zero-order chi connectivity index (χ0) is 29.4. The Kier molecular flexibility index (Phi) is 9.43. The number of hydrogen-bond acceptors (Lipinski definition) is 9. The maximum atomic E-state index is 12.6. The lowest BCUT2D eigenvalue weighted by atomic mass is 10.1. The average molecular weight is 583 g/mol. The molecule has 1 amide bonds. The second kappa shape index (κ2) is 14.0. The van der Waals surface area contributed by atoms with Crippen LogP contribution >= 0.6 is 0 Å². The molecule has 0 spiro atoms. The molecular formula is C33H38N6O4. The van der Waals surface area contributed by atoms with Crippen LogP contribution in [0, 0.1) is 11.3 Å². The highest BCUT2D eigenvalue weighted by Gasteiger charge is 2.25. The van der Waals surface area contributed by atoms with Gasteiger partial charge in [0.2, 0.25) is 5.91 Å². The van der Waals surface area contributed by atoms with Crippen molar-refractivity contribution >= 4 is 11.6 Å². The number of carbonyl (C=O) groups is 1. The molecule has 3 aliphatic heterocycles. The van der Waals surface area contributed by atoms with Gasteiger partial charge in [0, 0.05) is 63.1 Å². The van der Waals surface area contributed by atoms with Gasteiger partial charge >= 0.3 is 0 Å². The van der Waals surface area contributed by atoms with Crippen LogP contribution in [0.2, 0.25) is 0 Å². The highest BCUT2D eigenvalue weighted by molar-refractivity contribution is 5.78. The third-order valence-electron chi connectivity index (χ3n) is 8.33. The number of aromatic nitrogens is 2. The number of morpholine rings is 2. The van der Waals surface area contributed by atoms with Crippen molar-refractivity contribution in [3.8, 4) is 23.1 Å². The standard InChI is InChI=1S/C33H38N6O4/c34-23-27-22-26(3-6-31(27)43-29-8-11-37(12-9-29)24-33(40)39-15-19-42-20-16-39)30-7-10-35-32(36-30)21-25-1-4-28(5-2-25)38-13-17-41-18-14-38/h1-7,10,22,29H,8-9,11-21,24H2. The van der Waals surface area contributed by atoms with E-state index in [-0.39, 0.29) is 12.0 Å². The Morgan fingerprint density at radius 2 is 1.65 bits per heavy atom. The Labute approximate surface area is 252 Å². The van der Waals surface area contributed by atoms with Crippen molar-refractivity contribution < 1.29 is 19.0 Å². The third-order valence-corrected chi connectivity index (χ3v) is 8.33. The van der Waals surface area contributed by atoms with Crippen molar-refractivity contribution in [2.24, 2.45) is 0 Å². The van der Waals surface area contributed by atoms with Crippen LogP contribution in [0.4, 0.5) is 5.69 Å². The van der Waals surface area contributed by atoms with Gasteiger partial charge in [0.25, 0.3) is 0 Å². The van der Waals surface area contributed by atoms with Crippen LogP contribution in [0.3, 0.4) is 0 Å². The van der Waals surface area contributed by atoms with Crippen molar-refractivity contribution in [1.82, 2.24) is 19.8 Å². The van der Waals surface area contributed by atoms with E-state index in [9.17, 15) is 10.1 Å². The van der Waals surface area contributed by atoms with Gasteiger partial charge in [0.05, 0.1) is 44.2 Å². The zero-order valence-corrected chi connectivity index (χ0v) is 24.5. The van der Waals surface area contributed by atoms with Crippen molar-refractivity contribution in [3.63, 3.8) is 0 Å². The van der Waals surface area contributed by atoms with Crippen molar-refractivity contribution in [3.05, 3.63) is 71.7 Å². The largest absolute Gasteiger partial charge is 0.489 e. The summed E-state index contributed by atoms with van der Waals surface area (Å²) in [7, 11) is 0. The molecule has 0 radical (unpaired) electrons. The third kappa shape index (κ3) is 7.49. The molecule has 0 saturated carbocycles. The first-order valence-corrected chi connectivity index (χ1v) is 15.2. The Hall–Kier alpha value is -4.04. The van der Waals surface area contributed by atoms with Crippen molar-refractivity contribution in [2.45, 2.75) is 25.4 Å². The molecule has 0 atom stereocenters. The summed E-state index contributed by atoms with van der Waals surface area (Å²) in [5, 5.41) is 9.92. The zero-order valence-electron chi connectivity index (χ0n) is 24.5. The number of amides is 1. The molecule has 4 heterocycles. The second-order valence-corrected chi connectivity index (χ2v) is 11.2. The smallest absolute Gasteiger partial charge is 0.236 e. The number of rotatable bonds is 8. The van der Waals surface area contributed by atoms with Gasteiger partial charge in [0.15, 0.2) is 0 Å². The number of nitriles is 1. The first kappa shape index (κ1) is 29.1. The summed E-state index contributed by atoms with van der Waals surface area (Å²) >= 11 is 0. The molecule has 0 N–H and O–H groups in total. The maximum absolute atomic E-state index is 12.6. The van der Waals surface area contributed by atoms with Crippen LogP contribution in [0.25, 0.3) is 11.3 Å². The molecule has 10 heteroatoms. The number of anilines is 1. The van der Waals surface area contributed by atoms with E-state index in [4.69, 9.17) is 19.2 Å². The van der Waals surface area contributed by atoms with Crippen molar-refractivity contribution in [2.75, 3.05) is 77.1 Å². The number of hydrogen-bond donors (Lipinski definition) is 0. The molecule has 3 saturated heterocycles. The van der Waals surface area contributed by atoms with E-state index in [1.165, 1.54) is 5.69 Å². The summed E-state index contributed by atoms with van der Waals surface area (Å²) in [4.78, 5) is 28.3. The van der Waals surface area contributed by atoms with E-state index in [2.05, 4.69) is 45.1 Å². The molecule has 3 aromatic rings. The topological polar surface area (TPSA) is 104 Å². The number of piperidine rings is 1. The molecule has 0 bridgehead atoms. The van der Waals surface area contributed by atoms with Crippen LogP contribution in [0.15, 0.2) is 54.7 Å². The lowest BCUT2D eigenvalue weighted by Gasteiger charge is -2.34. The number of benzene rings is 2. The predicted molar refractivity (Wildman–Crippen MR) is 162 cm³/mol. The average Bonchev–Trinajstić information content (AvgIpc) is 3.07. The van der Waals surface area contributed by atoms with E-state index >= 15 is 0 Å². The molecule has 10 nitrogen and oxygen atoms in total. The molecule has 1 aromatic heterocycles. The predicted octanol–water partition coefficient (Wildman–Crippen LogP) is 3.14. The van der Waals surface area contributed by atoms with Gasteiger partial charge in [-0.25, -0.2) is 9.97 Å². The lowest BCUT2D eigenvalue weighted by molar-refractivity contribution is -0.136. The minimum atomic E-state index is 0.00739. The van der Waals surface area contributed by atoms with E-state index in [1.807, 2.05) is 29.2 Å². The van der Waals surface area contributed by atoms with Crippen LogP contribution < -0.4 is 9.64 Å². The molecule has 3 fully saturated rings. The SMILES string of the molecule is N#Cc1cc(-c2ccnc(Cc3ccc(N4CCOCC4)cc3)n2)ccc1OC1CCN(CC(=O)N2CCOCC2)CC1. The monoisotopic (exact) mass is 582 g/mol. The van der Waals surface area contributed by atoms with E-state index in [1.54, 1.807) is 6.20 Å². The minimum Gasteiger partial charge on any atom is -0.489 e. The summed E-state index contributed by atoms with van der Waals surface area (Å²) in [6, 6.07) is 18.4. The number of likely N-dealkylation sites (tertiary alicyclic amines) is 1. The molecule has 2 aromatic carbocycles. The van der Waals surface area contributed by atoms with Gasteiger partial charge in [-0.15, -0.1) is 0 Å². The van der Waals surface area contributed by atoms with Gasteiger partial charge in [0.1, 0.15) is 23.7 Å². The Bertz CT molecular complexity index is 1420. The first-order valence-electron chi connectivity index (χ1n) is 15.2. The molecule has 0 unspecified atom stereocenters. The van der Waals surface area contributed by atoms with Crippen molar-refractivity contribution in [1.29, 1.82) is 5.26 Å². The molecule has 0 aliphatic carbocycles. The summed E-state index contributed by atoms with van der Waals surface area (Å²) in [6.45, 7) is 7.95. The minimum absolute atomic E-state index is 0.00739. The summed E-state index contributed by atoms with van der Waals surface area (Å²) in [6.07, 6.45) is 4.03. The number of nitrogens with zero attached hydrogens (tertiary/aromatic N) is 6.